The van der Waals surface area contributed by atoms with Gasteiger partial charge in [0.05, 0.1) is 18.8 Å². The van der Waals surface area contributed by atoms with Crippen LogP contribution >= 0.6 is 0 Å². The van der Waals surface area contributed by atoms with E-state index in [0.717, 1.165) is 25.7 Å². The summed E-state index contributed by atoms with van der Waals surface area (Å²) in [5.74, 6) is -0.0652. The van der Waals surface area contributed by atoms with Gasteiger partial charge in [-0.05, 0) is 44.9 Å². The molecule has 1 amide bonds. The third-order valence-corrected chi connectivity index (χ3v) is 9.18. The van der Waals surface area contributed by atoms with E-state index in [1.165, 1.54) is 167 Å². The molecule has 0 aliphatic rings. The number of carbonyl (C=O) groups excluding carboxylic acids is 1. The van der Waals surface area contributed by atoms with E-state index in [-0.39, 0.29) is 12.5 Å². The van der Waals surface area contributed by atoms with Crippen LogP contribution in [0.3, 0.4) is 0 Å². The first-order valence-electron chi connectivity index (χ1n) is 20.1. The quantitative estimate of drug-likeness (QED) is 0.0475. The molecule has 45 heavy (non-hydrogen) atoms. The van der Waals surface area contributed by atoms with Crippen molar-refractivity contribution in [2.75, 3.05) is 6.61 Å². The minimum atomic E-state index is -0.834. The zero-order chi connectivity index (χ0) is 32.9. The lowest BCUT2D eigenvalue weighted by Crippen LogP contribution is -2.45. The molecule has 0 aromatic carbocycles. The van der Waals surface area contributed by atoms with Crippen LogP contribution in [0.15, 0.2) is 24.3 Å². The van der Waals surface area contributed by atoms with Gasteiger partial charge in [0, 0.05) is 6.42 Å². The first-order chi connectivity index (χ1) is 22.2. The van der Waals surface area contributed by atoms with Crippen LogP contribution in [0.5, 0.6) is 0 Å². The first kappa shape index (κ1) is 43.9. The molecule has 0 saturated heterocycles. The highest BCUT2D eigenvalue weighted by Gasteiger charge is 2.17. The van der Waals surface area contributed by atoms with Crippen LogP contribution in [0, 0.1) is 0 Å². The van der Waals surface area contributed by atoms with Crippen molar-refractivity contribution in [3.05, 3.63) is 24.3 Å². The van der Waals surface area contributed by atoms with Crippen LogP contribution < -0.4 is 5.32 Å². The maximum Gasteiger partial charge on any atom is 0.220 e. The maximum atomic E-state index is 12.3. The van der Waals surface area contributed by atoms with Crippen molar-refractivity contribution in [2.24, 2.45) is 0 Å². The van der Waals surface area contributed by atoms with E-state index in [1.54, 1.807) is 6.08 Å². The molecular weight excluding hydrogens is 554 g/mol. The highest BCUT2D eigenvalue weighted by atomic mass is 16.3. The van der Waals surface area contributed by atoms with Crippen LogP contribution in [0.4, 0.5) is 0 Å². The van der Waals surface area contributed by atoms with E-state index in [4.69, 9.17) is 0 Å². The van der Waals surface area contributed by atoms with E-state index >= 15 is 0 Å². The number of aliphatic hydroxyl groups is 2. The van der Waals surface area contributed by atoms with Gasteiger partial charge >= 0.3 is 0 Å². The van der Waals surface area contributed by atoms with Crippen LogP contribution in [0.2, 0.25) is 0 Å². The van der Waals surface area contributed by atoms with Gasteiger partial charge in [0.1, 0.15) is 0 Å². The van der Waals surface area contributed by atoms with Crippen molar-refractivity contribution in [1.29, 1.82) is 0 Å². The fourth-order valence-electron chi connectivity index (χ4n) is 6.05. The predicted molar refractivity (Wildman–Crippen MR) is 198 cm³/mol. The van der Waals surface area contributed by atoms with Crippen molar-refractivity contribution in [3.8, 4) is 0 Å². The first-order valence-corrected chi connectivity index (χ1v) is 20.1. The number of carbonyl (C=O) groups is 1. The summed E-state index contributed by atoms with van der Waals surface area (Å²) in [5, 5.41) is 22.9. The molecule has 0 aliphatic carbocycles. The van der Waals surface area contributed by atoms with Crippen LogP contribution in [-0.2, 0) is 4.79 Å². The lowest BCUT2D eigenvalue weighted by Gasteiger charge is -2.20. The van der Waals surface area contributed by atoms with Crippen molar-refractivity contribution < 1.29 is 15.0 Å². The van der Waals surface area contributed by atoms with Gasteiger partial charge in [0.25, 0.3) is 0 Å². The number of hydrogen-bond donors (Lipinski definition) is 3. The Balaban J connectivity index is 3.50. The summed E-state index contributed by atoms with van der Waals surface area (Å²) in [6, 6.07) is -0.617. The molecule has 0 aliphatic heterocycles. The molecule has 0 heterocycles. The van der Waals surface area contributed by atoms with Gasteiger partial charge in [-0.3, -0.25) is 4.79 Å². The molecule has 3 N–H and O–H groups in total. The summed E-state index contributed by atoms with van der Waals surface area (Å²) in [6.45, 7) is 4.28. The third kappa shape index (κ3) is 34.0. The van der Waals surface area contributed by atoms with E-state index in [1.807, 2.05) is 6.08 Å². The second kappa shape index (κ2) is 37.3. The molecule has 0 spiro atoms. The molecule has 0 bridgehead atoms. The minimum absolute atomic E-state index is 0.0652. The van der Waals surface area contributed by atoms with Crippen LogP contribution in [0.1, 0.15) is 213 Å². The van der Waals surface area contributed by atoms with Crippen LogP contribution in [0.25, 0.3) is 0 Å². The zero-order valence-corrected chi connectivity index (χ0v) is 30.4. The molecule has 0 radical (unpaired) electrons. The Morgan fingerprint density at radius 3 is 1.22 bits per heavy atom. The molecule has 0 rings (SSSR count). The average Bonchev–Trinajstić information content (AvgIpc) is 3.04. The zero-order valence-electron chi connectivity index (χ0n) is 30.4. The Kier molecular flexibility index (Phi) is 36.4. The number of rotatable bonds is 36. The summed E-state index contributed by atoms with van der Waals surface area (Å²) < 4.78 is 0. The fraction of sp³-hybridized carbons (Fsp3) is 0.878. The Bertz CT molecular complexity index is 647. The minimum Gasteiger partial charge on any atom is -0.394 e. The molecule has 2 atom stereocenters. The lowest BCUT2D eigenvalue weighted by atomic mass is 10.0. The van der Waals surface area contributed by atoms with Gasteiger partial charge in [-0.1, -0.05) is 186 Å². The van der Waals surface area contributed by atoms with Gasteiger partial charge in [-0.15, -0.1) is 0 Å². The number of unbranched alkanes of at least 4 members (excludes halogenated alkanes) is 27. The Hall–Kier alpha value is -1.13. The number of nitrogens with one attached hydrogen (secondary N) is 1. The average molecular weight is 634 g/mol. The van der Waals surface area contributed by atoms with Crippen molar-refractivity contribution in [3.63, 3.8) is 0 Å². The second-order valence-corrected chi connectivity index (χ2v) is 13.7. The van der Waals surface area contributed by atoms with Gasteiger partial charge in [0.15, 0.2) is 0 Å². The number of allylic oxidation sites excluding steroid dienone is 3. The SMILES string of the molecule is CCCCCCCC/C=C/CCCCCCCCCCCCCCCC(=O)N[C@@H](CO)[C@H](O)/C=C/CCCCCCCCCC. The van der Waals surface area contributed by atoms with Crippen LogP contribution in [-0.4, -0.2) is 34.9 Å². The Morgan fingerprint density at radius 2 is 0.844 bits per heavy atom. The summed E-state index contributed by atoms with van der Waals surface area (Å²) in [4.78, 5) is 12.3. The number of amides is 1. The number of aliphatic hydroxyl groups excluding tert-OH is 2. The highest BCUT2D eigenvalue weighted by Crippen LogP contribution is 2.14. The monoisotopic (exact) mass is 634 g/mol. The summed E-state index contributed by atoms with van der Waals surface area (Å²) in [6.07, 6.45) is 47.1. The summed E-state index contributed by atoms with van der Waals surface area (Å²) >= 11 is 0. The van der Waals surface area contributed by atoms with E-state index in [0.29, 0.717) is 6.42 Å². The summed E-state index contributed by atoms with van der Waals surface area (Å²) in [5.41, 5.74) is 0. The topological polar surface area (TPSA) is 69.6 Å². The normalized spacial score (nSPS) is 13.2. The fourth-order valence-corrected chi connectivity index (χ4v) is 6.05. The largest absolute Gasteiger partial charge is 0.394 e. The molecule has 0 fully saturated rings. The van der Waals surface area contributed by atoms with Gasteiger partial charge in [0.2, 0.25) is 5.91 Å². The Morgan fingerprint density at radius 1 is 0.511 bits per heavy atom. The van der Waals surface area contributed by atoms with Crippen molar-refractivity contribution >= 4 is 5.91 Å². The standard InChI is InChI=1S/C41H79NO3/c1-3-5-7-9-11-13-15-16-17-18-19-20-21-22-23-24-25-26-27-29-31-33-35-37-41(45)42-39(38-43)40(44)36-34-32-30-28-14-12-10-8-6-4-2/h16-17,34,36,39-40,43-44H,3-15,18-33,35,37-38H2,1-2H3,(H,42,45)/b17-16+,36-34+/t39-,40+/m0/s1. The van der Waals surface area contributed by atoms with Gasteiger partial charge in [-0.2, -0.15) is 0 Å². The van der Waals surface area contributed by atoms with E-state index in [9.17, 15) is 15.0 Å². The van der Waals surface area contributed by atoms with E-state index < -0.39 is 12.1 Å². The van der Waals surface area contributed by atoms with Gasteiger partial charge < -0.3 is 15.5 Å². The predicted octanol–water partition coefficient (Wildman–Crippen LogP) is 12.1. The molecule has 0 saturated carbocycles. The van der Waals surface area contributed by atoms with E-state index in [2.05, 4.69) is 31.3 Å². The maximum absolute atomic E-state index is 12.3. The molecular formula is C41H79NO3. The Labute approximate surface area is 281 Å². The molecule has 266 valence electrons. The second-order valence-electron chi connectivity index (χ2n) is 13.7. The molecule has 0 aromatic heterocycles. The van der Waals surface area contributed by atoms with Gasteiger partial charge in [-0.25, -0.2) is 0 Å². The van der Waals surface area contributed by atoms with Crippen molar-refractivity contribution in [2.45, 2.75) is 225 Å². The molecule has 0 unspecified atom stereocenters. The number of hydrogen-bond acceptors (Lipinski definition) is 3. The molecule has 4 heteroatoms. The van der Waals surface area contributed by atoms with Crippen molar-refractivity contribution in [1.82, 2.24) is 5.32 Å². The third-order valence-electron chi connectivity index (χ3n) is 9.18. The summed E-state index contributed by atoms with van der Waals surface area (Å²) in [7, 11) is 0. The molecule has 0 aromatic rings. The smallest absolute Gasteiger partial charge is 0.220 e. The highest BCUT2D eigenvalue weighted by molar-refractivity contribution is 5.76. The molecule has 4 nitrogen and oxygen atoms in total. The lowest BCUT2D eigenvalue weighted by molar-refractivity contribution is -0.123.